The molecule has 6 N–H and O–H groups in total. The highest BCUT2D eigenvalue weighted by molar-refractivity contribution is 6.06. The van der Waals surface area contributed by atoms with Gasteiger partial charge in [0.1, 0.15) is 11.8 Å². The summed E-state index contributed by atoms with van der Waals surface area (Å²) in [7, 11) is 0. The first kappa shape index (κ1) is 24.9. The van der Waals surface area contributed by atoms with E-state index in [1.165, 1.54) is 6.92 Å². The number of benzene rings is 2. The Morgan fingerprint density at radius 3 is 2.25 bits per heavy atom. The van der Waals surface area contributed by atoms with Crippen LogP contribution in [-0.4, -0.2) is 56.9 Å². The van der Waals surface area contributed by atoms with Gasteiger partial charge in [-0.05, 0) is 18.1 Å². The summed E-state index contributed by atoms with van der Waals surface area (Å²) >= 11 is 0. The van der Waals surface area contributed by atoms with Crippen molar-refractivity contribution in [3.63, 3.8) is 0 Å². The van der Waals surface area contributed by atoms with Crippen LogP contribution in [0.4, 0.5) is 4.79 Å². The molecule has 188 valence electrons. The van der Waals surface area contributed by atoms with E-state index in [4.69, 9.17) is 21.6 Å². The van der Waals surface area contributed by atoms with Crippen molar-refractivity contribution in [3.8, 4) is 0 Å². The van der Waals surface area contributed by atoms with E-state index in [9.17, 15) is 24.3 Å². The second-order valence-corrected chi connectivity index (χ2v) is 9.06. The Balaban J connectivity index is 1.82. The van der Waals surface area contributed by atoms with Gasteiger partial charge in [0.15, 0.2) is 5.72 Å². The van der Waals surface area contributed by atoms with E-state index in [1.807, 2.05) is 6.07 Å². The van der Waals surface area contributed by atoms with Crippen LogP contribution in [0.15, 0.2) is 54.6 Å². The van der Waals surface area contributed by atoms with Crippen molar-refractivity contribution in [1.29, 1.82) is 5.41 Å². The molecule has 4 atom stereocenters. The number of ether oxygens (including phenoxy) is 1. The number of amidine groups is 1. The summed E-state index contributed by atoms with van der Waals surface area (Å²) in [4.78, 5) is 53.5. The zero-order chi connectivity index (χ0) is 26.2. The number of nitrogens with two attached hydrogens (primary N) is 2. The van der Waals surface area contributed by atoms with Gasteiger partial charge in [0.25, 0.3) is 0 Å². The number of rotatable bonds is 8. The van der Waals surface area contributed by atoms with Gasteiger partial charge < -0.3 is 21.3 Å². The minimum atomic E-state index is -1.74. The van der Waals surface area contributed by atoms with Crippen molar-refractivity contribution < 1.29 is 29.0 Å². The summed E-state index contributed by atoms with van der Waals surface area (Å²) in [5.74, 6) is -3.90. The smallest absolute Gasteiger partial charge is 0.450 e. The molecule has 2 aliphatic heterocycles. The number of carbonyl (C=O) groups excluding carboxylic acids is 3. The van der Waals surface area contributed by atoms with Gasteiger partial charge in [-0.2, -0.15) is 0 Å². The van der Waals surface area contributed by atoms with Gasteiger partial charge in [-0.1, -0.05) is 54.6 Å². The number of carboxylic acid groups (broad SMARTS) is 1. The number of carbonyl (C=O) groups is 4. The Hall–Kier alpha value is -4.25. The number of nitrogen functional groups attached to an aromatic ring is 1. The lowest BCUT2D eigenvalue weighted by Gasteiger charge is -2.39. The highest BCUT2D eigenvalue weighted by atomic mass is 16.7. The predicted octanol–water partition coefficient (Wildman–Crippen LogP) is 1.41. The van der Waals surface area contributed by atoms with E-state index in [0.717, 1.165) is 10.5 Å². The van der Waals surface area contributed by atoms with Gasteiger partial charge in [0.2, 0.25) is 17.7 Å². The minimum Gasteiger partial charge on any atom is -0.450 e. The van der Waals surface area contributed by atoms with E-state index in [0.29, 0.717) is 11.1 Å². The number of primary amides is 1. The van der Waals surface area contributed by atoms with E-state index in [1.54, 1.807) is 53.4 Å². The van der Waals surface area contributed by atoms with E-state index < -0.39 is 47.5 Å². The molecule has 0 saturated carbocycles. The standard InChI is InChI=1S/C25H27N5O6/c1-25(36-24(34)35)19-18(22(32)29(23(19)33)13-14-5-3-2-4-6-14)20(30(25)12-11-17(26)31)15-7-9-16(10-8-15)21(27)28/h2-10,18-20H,11-13H2,1H3,(H2,26,31)(H3,27,28)(H,34,35). The lowest BCUT2D eigenvalue weighted by Crippen LogP contribution is -2.53. The number of nitrogens with one attached hydrogen (secondary N) is 1. The molecule has 2 heterocycles. The molecule has 0 bridgehead atoms. The second-order valence-electron chi connectivity index (χ2n) is 9.06. The predicted molar refractivity (Wildman–Crippen MR) is 127 cm³/mol. The van der Waals surface area contributed by atoms with Gasteiger partial charge in [-0.3, -0.25) is 29.6 Å². The highest BCUT2D eigenvalue weighted by Gasteiger charge is 2.69. The van der Waals surface area contributed by atoms with Crippen LogP contribution in [0.1, 0.15) is 36.1 Å². The molecule has 2 aromatic carbocycles. The van der Waals surface area contributed by atoms with Crippen molar-refractivity contribution in [1.82, 2.24) is 9.80 Å². The van der Waals surface area contributed by atoms with Gasteiger partial charge in [-0.15, -0.1) is 0 Å². The van der Waals surface area contributed by atoms with Gasteiger partial charge >= 0.3 is 6.16 Å². The van der Waals surface area contributed by atoms with Crippen LogP contribution in [0.3, 0.4) is 0 Å². The Morgan fingerprint density at radius 1 is 1.06 bits per heavy atom. The van der Waals surface area contributed by atoms with Gasteiger partial charge in [-0.25, -0.2) is 4.79 Å². The van der Waals surface area contributed by atoms with Crippen molar-refractivity contribution in [2.24, 2.45) is 23.3 Å². The monoisotopic (exact) mass is 493 g/mol. The maximum atomic E-state index is 13.7. The lowest BCUT2D eigenvalue weighted by atomic mass is 9.85. The molecule has 4 rings (SSSR count). The molecule has 11 heteroatoms. The summed E-state index contributed by atoms with van der Waals surface area (Å²) in [6, 6.07) is 14.7. The van der Waals surface area contributed by atoms with Gasteiger partial charge in [0, 0.05) is 18.5 Å². The van der Waals surface area contributed by atoms with Crippen LogP contribution in [-0.2, 0) is 25.7 Å². The van der Waals surface area contributed by atoms with Crippen LogP contribution in [0.2, 0.25) is 0 Å². The minimum absolute atomic E-state index is 0.0337. The summed E-state index contributed by atoms with van der Waals surface area (Å²) < 4.78 is 5.33. The third-order valence-electron chi connectivity index (χ3n) is 6.91. The number of hydrogen-bond donors (Lipinski definition) is 4. The molecule has 0 aliphatic carbocycles. The van der Waals surface area contributed by atoms with E-state index >= 15 is 0 Å². The quantitative estimate of drug-likeness (QED) is 0.184. The summed E-state index contributed by atoms with van der Waals surface area (Å²) in [6.07, 6.45) is -1.76. The fraction of sp³-hybridized carbons (Fsp3) is 0.320. The van der Waals surface area contributed by atoms with Crippen LogP contribution in [0.5, 0.6) is 0 Å². The van der Waals surface area contributed by atoms with Crippen molar-refractivity contribution in [2.45, 2.75) is 31.7 Å². The number of imide groups is 1. The number of amides is 3. The molecule has 2 aliphatic rings. The molecule has 0 spiro atoms. The van der Waals surface area contributed by atoms with Crippen molar-refractivity contribution in [3.05, 3.63) is 71.3 Å². The molecule has 11 nitrogen and oxygen atoms in total. The number of fused-ring (bicyclic) bond motifs is 1. The highest BCUT2D eigenvalue weighted by Crippen LogP contribution is 2.55. The first-order chi connectivity index (χ1) is 17.0. The zero-order valence-electron chi connectivity index (χ0n) is 19.6. The first-order valence-corrected chi connectivity index (χ1v) is 11.3. The number of nitrogens with zero attached hydrogens (tertiary/aromatic N) is 2. The van der Waals surface area contributed by atoms with Crippen LogP contribution in [0, 0.1) is 17.2 Å². The van der Waals surface area contributed by atoms with Crippen LogP contribution < -0.4 is 11.5 Å². The molecular weight excluding hydrogens is 466 g/mol. The van der Waals surface area contributed by atoms with Gasteiger partial charge in [0.05, 0.1) is 18.5 Å². The SMILES string of the molecule is CC1(OC(=O)O)C2C(=O)N(Cc3ccccc3)C(=O)C2C(c2ccc(C(=N)N)cc2)N1CCC(N)=O. The maximum Gasteiger partial charge on any atom is 0.507 e. The number of hydrogen-bond acceptors (Lipinski definition) is 7. The molecule has 4 unspecified atom stereocenters. The molecule has 2 saturated heterocycles. The molecule has 2 fully saturated rings. The summed E-state index contributed by atoms with van der Waals surface area (Å²) in [5, 5.41) is 17.2. The largest absolute Gasteiger partial charge is 0.507 e. The molecule has 2 aromatic rings. The van der Waals surface area contributed by atoms with E-state index in [-0.39, 0.29) is 25.3 Å². The van der Waals surface area contributed by atoms with Crippen molar-refractivity contribution >= 4 is 29.7 Å². The summed E-state index contributed by atoms with van der Waals surface area (Å²) in [6.45, 7) is 1.44. The van der Waals surface area contributed by atoms with Crippen LogP contribution in [0.25, 0.3) is 0 Å². The Kier molecular flexibility index (Phi) is 6.51. The third-order valence-corrected chi connectivity index (χ3v) is 6.91. The average molecular weight is 494 g/mol. The number of likely N-dealkylation sites (tertiary alicyclic amines) is 2. The Labute approximate surface area is 207 Å². The Morgan fingerprint density at radius 2 is 1.69 bits per heavy atom. The molecule has 36 heavy (non-hydrogen) atoms. The Bertz CT molecular complexity index is 1220. The van der Waals surface area contributed by atoms with Crippen molar-refractivity contribution in [2.75, 3.05) is 6.54 Å². The molecule has 3 amide bonds. The summed E-state index contributed by atoms with van der Waals surface area (Å²) in [5.41, 5.74) is 11.0. The van der Waals surface area contributed by atoms with E-state index in [2.05, 4.69) is 0 Å². The lowest BCUT2D eigenvalue weighted by molar-refractivity contribution is -0.157. The maximum absolute atomic E-state index is 13.7. The third kappa shape index (κ3) is 4.29. The zero-order valence-corrected chi connectivity index (χ0v) is 19.6. The normalized spacial score (nSPS) is 25.6. The van der Waals surface area contributed by atoms with Crippen LogP contribution >= 0.6 is 0 Å². The molecule has 0 radical (unpaired) electrons. The average Bonchev–Trinajstić information content (AvgIpc) is 3.22. The molecular formula is C25H27N5O6. The topological polar surface area (TPSA) is 180 Å². The second kappa shape index (κ2) is 9.42. The fourth-order valence-electron chi connectivity index (χ4n) is 5.34. The molecule has 0 aromatic heterocycles. The first-order valence-electron chi connectivity index (χ1n) is 11.3. The fourth-order valence-corrected chi connectivity index (χ4v) is 5.34.